The Labute approximate surface area is 120 Å². The predicted octanol–water partition coefficient (Wildman–Crippen LogP) is 0.540. The molecular weight excluding hydrogens is 276 g/mol. The van der Waals surface area contributed by atoms with Gasteiger partial charge < -0.3 is 10.6 Å². The number of sulfone groups is 1. The molecule has 1 aliphatic heterocycles. The van der Waals surface area contributed by atoms with Gasteiger partial charge in [0.15, 0.2) is 9.84 Å². The molecule has 2 aliphatic carbocycles. The second kappa shape index (κ2) is 5.30. The van der Waals surface area contributed by atoms with Crippen molar-refractivity contribution >= 4 is 15.7 Å². The average molecular weight is 300 g/mol. The number of carbonyl (C=O) groups is 1. The Kier molecular flexibility index (Phi) is 3.79. The fourth-order valence-electron chi connectivity index (χ4n) is 4.14. The highest BCUT2D eigenvalue weighted by Gasteiger charge is 2.43. The van der Waals surface area contributed by atoms with Gasteiger partial charge in [0.1, 0.15) is 5.75 Å². The fraction of sp³-hybridized carbons (Fsp3) is 0.929. The lowest BCUT2D eigenvalue weighted by atomic mass is 9.98. The van der Waals surface area contributed by atoms with E-state index in [-0.39, 0.29) is 23.0 Å². The first-order chi connectivity index (χ1) is 9.47. The van der Waals surface area contributed by atoms with Crippen molar-refractivity contribution in [2.75, 3.05) is 18.8 Å². The molecule has 1 heterocycles. The fourth-order valence-corrected chi connectivity index (χ4v) is 5.95. The van der Waals surface area contributed by atoms with Crippen LogP contribution < -0.4 is 5.73 Å². The van der Waals surface area contributed by atoms with Gasteiger partial charge in [0.2, 0.25) is 5.91 Å². The normalized spacial score (nSPS) is 34.6. The van der Waals surface area contributed by atoms with Crippen molar-refractivity contribution in [3.05, 3.63) is 0 Å². The predicted molar refractivity (Wildman–Crippen MR) is 76.8 cm³/mol. The smallest absolute Gasteiger partial charge is 0.237 e. The molecule has 2 saturated carbocycles. The minimum atomic E-state index is -3.26. The largest absolute Gasteiger partial charge is 0.341 e. The van der Waals surface area contributed by atoms with E-state index in [1.54, 1.807) is 4.90 Å². The molecule has 2 N–H and O–H groups in total. The number of amides is 1. The van der Waals surface area contributed by atoms with E-state index in [4.69, 9.17) is 5.73 Å². The molecule has 3 aliphatic rings. The topological polar surface area (TPSA) is 80.5 Å². The van der Waals surface area contributed by atoms with Gasteiger partial charge >= 0.3 is 0 Å². The summed E-state index contributed by atoms with van der Waals surface area (Å²) in [5.41, 5.74) is 6.05. The minimum Gasteiger partial charge on any atom is -0.341 e. The van der Waals surface area contributed by atoms with E-state index in [1.807, 2.05) is 0 Å². The molecule has 6 heteroatoms. The zero-order valence-corrected chi connectivity index (χ0v) is 12.6. The van der Waals surface area contributed by atoms with Crippen molar-refractivity contribution in [3.63, 3.8) is 0 Å². The van der Waals surface area contributed by atoms with Crippen LogP contribution in [0.15, 0.2) is 0 Å². The number of hydrogen-bond donors (Lipinski definition) is 1. The van der Waals surface area contributed by atoms with Crippen LogP contribution in [0, 0.1) is 11.8 Å². The Morgan fingerprint density at radius 3 is 2.45 bits per heavy atom. The van der Waals surface area contributed by atoms with Gasteiger partial charge in [-0.15, -0.1) is 0 Å². The number of hydrogen-bond acceptors (Lipinski definition) is 4. The molecule has 1 amide bonds. The number of nitrogens with two attached hydrogens (primary N) is 1. The molecule has 3 fully saturated rings. The number of fused-ring (bicyclic) bond motifs is 1. The summed E-state index contributed by atoms with van der Waals surface area (Å²) in [6.45, 7) is 1.36. The zero-order valence-electron chi connectivity index (χ0n) is 11.8. The average Bonchev–Trinajstić information content (AvgIpc) is 3.07. The van der Waals surface area contributed by atoms with Crippen LogP contribution in [0.25, 0.3) is 0 Å². The van der Waals surface area contributed by atoms with Crippen LogP contribution in [0.4, 0.5) is 0 Å². The monoisotopic (exact) mass is 300 g/mol. The van der Waals surface area contributed by atoms with Crippen LogP contribution in [0.2, 0.25) is 0 Å². The third kappa shape index (κ3) is 2.60. The molecule has 1 saturated heterocycles. The molecular formula is C14H24N2O3S. The van der Waals surface area contributed by atoms with E-state index >= 15 is 0 Å². The molecule has 0 aromatic carbocycles. The van der Waals surface area contributed by atoms with Gasteiger partial charge in [0, 0.05) is 19.1 Å². The Hall–Kier alpha value is -0.620. The van der Waals surface area contributed by atoms with Crippen molar-refractivity contribution < 1.29 is 13.2 Å². The summed E-state index contributed by atoms with van der Waals surface area (Å²) in [7, 11) is -3.26. The Morgan fingerprint density at radius 2 is 1.80 bits per heavy atom. The maximum atomic E-state index is 12.3. The molecule has 0 bridgehead atoms. The van der Waals surface area contributed by atoms with E-state index < -0.39 is 9.84 Å². The van der Waals surface area contributed by atoms with Gasteiger partial charge in [-0.3, -0.25) is 4.79 Å². The number of carbonyl (C=O) groups excluding carboxylic acids is 1. The molecule has 0 spiro atoms. The van der Waals surface area contributed by atoms with Crippen molar-refractivity contribution in [1.29, 1.82) is 0 Å². The first kappa shape index (κ1) is 14.3. The molecule has 3 rings (SSSR count). The number of rotatable bonds is 3. The van der Waals surface area contributed by atoms with Crippen LogP contribution in [0.1, 0.15) is 38.5 Å². The molecule has 114 valence electrons. The third-order valence-corrected chi connectivity index (χ3v) is 7.54. The standard InChI is InChI=1S/C14H24N2O3S/c15-13-6-5-10-7-16(8-12(10)13)14(17)9-20(18,19)11-3-1-2-4-11/h10-13H,1-9,15H2. The van der Waals surface area contributed by atoms with Crippen LogP contribution in [0.5, 0.6) is 0 Å². The molecule has 3 atom stereocenters. The van der Waals surface area contributed by atoms with Crippen LogP contribution in [-0.4, -0.2) is 49.4 Å². The van der Waals surface area contributed by atoms with Gasteiger partial charge in [0.25, 0.3) is 0 Å². The molecule has 0 radical (unpaired) electrons. The molecule has 3 unspecified atom stereocenters. The Balaban J connectivity index is 1.60. The molecule has 0 aromatic rings. The van der Waals surface area contributed by atoms with Gasteiger partial charge in [-0.1, -0.05) is 12.8 Å². The van der Waals surface area contributed by atoms with Crippen molar-refractivity contribution in [2.45, 2.75) is 49.8 Å². The first-order valence-corrected chi connectivity index (χ1v) is 9.44. The van der Waals surface area contributed by atoms with E-state index in [1.165, 1.54) is 0 Å². The van der Waals surface area contributed by atoms with Crippen LogP contribution in [-0.2, 0) is 14.6 Å². The summed E-state index contributed by atoms with van der Waals surface area (Å²) in [6, 6.07) is 0.184. The highest BCUT2D eigenvalue weighted by Crippen LogP contribution is 2.37. The molecule has 5 nitrogen and oxygen atoms in total. The summed E-state index contributed by atoms with van der Waals surface area (Å²) >= 11 is 0. The number of nitrogens with zero attached hydrogens (tertiary/aromatic N) is 1. The van der Waals surface area contributed by atoms with Crippen LogP contribution >= 0.6 is 0 Å². The summed E-state index contributed by atoms with van der Waals surface area (Å²) in [5, 5.41) is -0.282. The lowest BCUT2D eigenvalue weighted by molar-refractivity contribution is -0.127. The minimum absolute atomic E-state index is 0.184. The zero-order chi connectivity index (χ0) is 14.3. The molecule has 20 heavy (non-hydrogen) atoms. The lowest BCUT2D eigenvalue weighted by Gasteiger charge is -2.20. The van der Waals surface area contributed by atoms with Crippen molar-refractivity contribution in [2.24, 2.45) is 17.6 Å². The second-order valence-electron chi connectivity index (χ2n) is 6.68. The van der Waals surface area contributed by atoms with E-state index in [0.29, 0.717) is 24.9 Å². The van der Waals surface area contributed by atoms with E-state index in [2.05, 4.69) is 0 Å². The summed E-state index contributed by atoms with van der Waals surface area (Å²) in [5.74, 6) is 0.363. The highest BCUT2D eigenvalue weighted by molar-refractivity contribution is 7.92. The maximum absolute atomic E-state index is 12.3. The Bertz CT molecular complexity index is 485. The SMILES string of the molecule is NC1CCC2CN(C(=O)CS(=O)(=O)C3CCCC3)CC12. The van der Waals surface area contributed by atoms with Gasteiger partial charge in [-0.2, -0.15) is 0 Å². The highest BCUT2D eigenvalue weighted by atomic mass is 32.2. The Morgan fingerprint density at radius 1 is 1.10 bits per heavy atom. The quantitative estimate of drug-likeness (QED) is 0.825. The van der Waals surface area contributed by atoms with Crippen LogP contribution in [0.3, 0.4) is 0 Å². The summed E-state index contributed by atoms with van der Waals surface area (Å²) < 4.78 is 24.5. The third-order valence-electron chi connectivity index (χ3n) is 5.40. The van der Waals surface area contributed by atoms with E-state index in [0.717, 1.165) is 38.5 Å². The summed E-state index contributed by atoms with van der Waals surface area (Å²) in [4.78, 5) is 14.0. The lowest BCUT2D eigenvalue weighted by Crippen LogP contribution is -2.38. The first-order valence-electron chi connectivity index (χ1n) is 7.72. The van der Waals surface area contributed by atoms with Gasteiger partial charge in [-0.25, -0.2) is 8.42 Å². The van der Waals surface area contributed by atoms with Gasteiger partial charge in [0.05, 0.1) is 5.25 Å². The second-order valence-corrected chi connectivity index (χ2v) is 8.96. The van der Waals surface area contributed by atoms with E-state index in [9.17, 15) is 13.2 Å². The number of likely N-dealkylation sites (tertiary alicyclic amines) is 1. The maximum Gasteiger partial charge on any atom is 0.237 e. The molecule has 0 aromatic heterocycles. The van der Waals surface area contributed by atoms with Gasteiger partial charge in [-0.05, 0) is 37.5 Å². The summed E-state index contributed by atoms with van der Waals surface area (Å²) in [6.07, 6.45) is 5.52. The van der Waals surface area contributed by atoms with Crippen molar-refractivity contribution in [1.82, 2.24) is 4.90 Å². The van der Waals surface area contributed by atoms with Crippen molar-refractivity contribution in [3.8, 4) is 0 Å².